The summed E-state index contributed by atoms with van der Waals surface area (Å²) >= 11 is 0. The molecular formula is C14H25N5. The molecule has 0 aromatic carbocycles. The molecule has 0 aliphatic heterocycles. The highest BCUT2D eigenvalue weighted by Crippen LogP contribution is 2.39. The fraction of sp³-hybridized carbons (Fsp3) is 0.714. The van der Waals surface area contributed by atoms with Crippen LogP contribution in [0, 0.1) is 6.92 Å². The fourth-order valence-electron chi connectivity index (χ4n) is 2.26. The van der Waals surface area contributed by atoms with Crippen molar-refractivity contribution in [3.8, 4) is 0 Å². The minimum Gasteiger partial charge on any atom is -0.367 e. The lowest BCUT2D eigenvalue weighted by Gasteiger charge is -2.20. The Balaban J connectivity index is 2.24. The smallest absolute Gasteiger partial charge is 0.148 e. The van der Waals surface area contributed by atoms with E-state index >= 15 is 0 Å². The highest BCUT2D eigenvalue weighted by atomic mass is 15.3. The van der Waals surface area contributed by atoms with Crippen LogP contribution >= 0.6 is 0 Å². The number of hydrogen-bond donors (Lipinski definition) is 3. The van der Waals surface area contributed by atoms with Crippen LogP contribution < -0.4 is 16.6 Å². The zero-order valence-corrected chi connectivity index (χ0v) is 12.2. The molecule has 1 aliphatic carbocycles. The summed E-state index contributed by atoms with van der Waals surface area (Å²) in [6.07, 6.45) is 5.82. The van der Waals surface area contributed by atoms with Gasteiger partial charge < -0.3 is 10.7 Å². The van der Waals surface area contributed by atoms with Gasteiger partial charge in [-0.3, -0.25) is 0 Å². The second-order valence-corrected chi connectivity index (χ2v) is 5.36. The van der Waals surface area contributed by atoms with Gasteiger partial charge in [-0.25, -0.2) is 15.8 Å². The molecule has 5 heteroatoms. The van der Waals surface area contributed by atoms with Gasteiger partial charge in [0.2, 0.25) is 0 Å². The third kappa shape index (κ3) is 3.35. The predicted octanol–water partition coefficient (Wildman–Crippen LogP) is 2.94. The van der Waals surface area contributed by atoms with Crippen molar-refractivity contribution in [1.29, 1.82) is 0 Å². The van der Waals surface area contributed by atoms with Crippen LogP contribution in [0.4, 0.5) is 11.6 Å². The minimum atomic E-state index is 0.469. The summed E-state index contributed by atoms with van der Waals surface area (Å²) in [6, 6.07) is 0.469. The van der Waals surface area contributed by atoms with E-state index in [9.17, 15) is 0 Å². The van der Waals surface area contributed by atoms with Crippen LogP contribution in [-0.2, 0) is 0 Å². The van der Waals surface area contributed by atoms with Crippen molar-refractivity contribution in [2.24, 2.45) is 5.84 Å². The van der Waals surface area contributed by atoms with Crippen molar-refractivity contribution in [3.63, 3.8) is 0 Å². The lowest BCUT2D eigenvalue weighted by molar-refractivity contribution is 0.619. The first-order chi connectivity index (χ1) is 9.19. The number of anilines is 2. The van der Waals surface area contributed by atoms with Crippen molar-refractivity contribution in [2.75, 3.05) is 10.7 Å². The largest absolute Gasteiger partial charge is 0.367 e. The number of nitrogens with one attached hydrogen (secondary N) is 2. The molecule has 1 saturated carbocycles. The SMILES string of the molecule is CCCC(CC)Nc1nc(C2CC2)nc(NN)c1C. The topological polar surface area (TPSA) is 75.9 Å². The number of rotatable bonds is 7. The number of aromatic nitrogens is 2. The Kier molecular flexibility index (Phi) is 4.58. The molecule has 0 saturated heterocycles. The number of hydrogen-bond acceptors (Lipinski definition) is 5. The van der Waals surface area contributed by atoms with Crippen LogP contribution in [0.15, 0.2) is 0 Å². The molecule has 5 nitrogen and oxygen atoms in total. The molecular weight excluding hydrogens is 238 g/mol. The highest BCUT2D eigenvalue weighted by molar-refractivity contribution is 5.57. The molecule has 1 aromatic heterocycles. The Morgan fingerprint density at radius 1 is 1.26 bits per heavy atom. The molecule has 1 heterocycles. The average Bonchev–Trinajstić information content (AvgIpc) is 3.24. The van der Waals surface area contributed by atoms with E-state index in [0.717, 1.165) is 35.9 Å². The maximum absolute atomic E-state index is 5.56. The Morgan fingerprint density at radius 3 is 2.47 bits per heavy atom. The van der Waals surface area contributed by atoms with Crippen molar-refractivity contribution in [1.82, 2.24) is 9.97 Å². The van der Waals surface area contributed by atoms with Crippen LogP contribution in [0.25, 0.3) is 0 Å². The highest BCUT2D eigenvalue weighted by Gasteiger charge is 2.28. The first kappa shape index (κ1) is 14.1. The average molecular weight is 263 g/mol. The Hall–Kier alpha value is -1.36. The molecule has 2 rings (SSSR count). The van der Waals surface area contributed by atoms with Crippen molar-refractivity contribution >= 4 is 11.6 Å². The first-order valence-electron chi connectivity index (χ1n) is 7.31. The molecule has 0 spiro atoms. The first-order valence-corrected chi connectivity index (χ1v) is 7.31. The monoisotopic (exact) mass is 263 g/mol. The molecule has 4 N–H and O–H groups in total. The van der Waals surface area contributed by atoms with Gasteiger partial charge in [-0.2, -0.15) is 0 Å². The minimum absolute atomic E-state index is 0.469. The third-order valence-electron chi connectivity index (χ3n) is 3.71. The maximum atomic E-state index is 5.56. The molecule has 0 amide bonds. The molecule has 1 atom stereocenters. The van der Waals surface area contributed by atoms with Crippen molar-refractivity contribution in [2.45, 2.75) is 64.8 Å². The third-order valence-corrected chi connectivity index (χ3v) is 3.71. The van der Waals surface area contributed by atoms with Gasteiger partial charge in [0.25, 0.3) is 0 Å². The summed E-state index contributed by atoms with van der Waals surface area (Å²) in [7, 11) is 0. The lowest BCUT2D eigenvalue weighted by atomic mass is 10.1. The van der Waals surface area contributed by atoms with Gasteiger partial charge in [0.15, 0.2) is 0 Å². The van der Waals surface area contributed by atoms with Gasteiger partial charge in [-0.05, 0) is 32.6 Å². The van der Waals surface area contributed by atoms with Crippen LogP contribution in [0.1, 0.15) is 63.3 Å². The summed E-state index contributed by atoms with van der Waals surface area (Å²) in [6.45, 7) is 6.42. The molecule has 19 heavy (non-hydrogen) atoms. The van der Waals surface area contributed by atoms with Gasteiger partial charge in [0.1, 0.15) is 17.5 Å². The second kappa shape index (κ2) is 6.19. The standard InChI is InChI=1S/C14H25N5/c1-4-6-11(5-2)16-12-9(3)13(19-15)18-14(17-12)10-7-8-10/h10-11H,4-8,15H2,1-3H3,(H2,16,17,18,19). The Morgan fingerprint density at radius 2 is 1.95 bits per heavy atom. The van der Waals surface area contributed by atoms with E-state index in [0.29, 0.717) is 12.0 Å². The summed E-state index contributed by atoms with van der Waals surface area (Å²) in [5, 5.41) is 3.55. The predicted molar refractivity (Wildman–Crippen MR) is 79.2 cm³/mol. The van der Waals surface area contributed by atoms with Gasteiger partial charge in [-0.1, -0.05) is 20.3 Å². The second-order valence-electron chi connectivity index (χ2n) is 5.36. The molecule has 1 aromatic rings. The number of nitrogen functional groups attached to an aromatic ring is 1. The van der Waals surface area contributed by atoms with Crippen LogP contribution in [0.2, 0.25) is 0 Å². The lowest BCUT2D eigenvalue weighted by Crippen LogP contribution is -2.21. The zero-order chi connectivity index (χ0) is 13.8. The van der Waals surface area contributed by atoms with Crippen LogP contribution in [0.5, 0.6) is 0 Å². The summed E-state index contributed by atoms with van der Waals surface area (Å²) in [4.78, 5) is 9.20. The number of nitrogens with zero attached hydrogens (tertiary/aromatic N) is 2. The molecule has 1 unspecified atom stereocenters. The number of hydrazine groups is 1. The zero-order valence-electron chi connectivity index (χ0n) is 12.2. The van der Waals surface area contributed by atoms with E-state index in [4.69, 9.17) is 10.8 Å². The molecule has 106 valence electrons. The molecule has 1 aliphatic rings. The van der Waals surface area contributed by atoms with E-state index in [2.05, 4.69) is 29.6 Å². The molecule has 0 radical (unpaired) electrons. The summed E-state index contributed by atoms with van der Waals surface area (Å²) in [5.74, 6) is 8.69. The number of nitrogens with two attached hydrogens (primary N) is 1. The van der Waals surface area contributed by atoms with Gasteiger partial charge in [0, 0.05) is 17.5 Å². The van der Waals surface area contributed by atoms with Crippen LogP contribution in [-0.4, -0.2) is 16.0 Å². The van der Waals surface area contributed by atoms with Gasteiger partial charge >= 0.3 is 0 Å². The van der Waals surface area contributed by atoms with Crippen molar-refractivity contribution < 1.29 is 0 Å². The van der Waals surface area contributed by atoms with E-state index in [-0.39, 0.29) is 0 Å². The normalized spacial score (nSPS) is 16.2. The van der Waals surface area contributed by atoms with Crippen molar-refractivity contribution in [3.05, 3.63) is 11.4 Å². The molecule has 0 bridgehead atoms. The summed E-state index contributed by atoms with van der Waals surface area (Å²) < 4.78 is 0. The van der Waals surface area contributed by atoms with E-state index in [1.807, 2.05) is 6.92 Å². The van der Waals surface area contributed by atoms with Gasteiger partial charge in [0.05, 0.1) is 0 Å². The maximum Gasteiger partial charge on any atom is 0.148 e. The summed E-state index contributed by atoms with van der Waals surface area (Å²) in [5.41, 5.74) is 3.69. The van der Waals surface area contributed by atoms with E-state index in [1.54, 1.807) is 0 Å². The Labute approximate surface area is 115 Å². The Bertz CT molecular complexity index is 428. The van der Waals surface area contributed by atoms with E-state index in [1.165, 1.54) is 19.3 Å². The molecule has 1 fully saturated rings. The van der Waals surface area contributed by atoms with Gasteiger partial charge in [-0.15, -0.1) is 0 Å². The van der Waals surface area contributed by atoms with E-state index < -0.39 is 0 Å². The quantitative estimate of drug-likeness (QED) is 0.521. The van der Waals surface area contributed by atoms with Crippen LogP contribution in [0.3, 0.4) is 0 Å². The fourth-order valence-corrected chi connectivity index (χ4v) is 2.26.